The number of aromatic nitrogens is 1. The number of benzene rings is 2. The van der Waals surface area contributed by atoms with E-state index in [0.29, 0.717) is 16.7 Å². The molecule has 0 saturated heterocycles. The minimum Gasteiger partial charge on any atom is -0.394 e. The van der Waals surface area contributed by atoms with E-state index in [9.17, 15) is 19.1 Å². The first kappa shape index (κ1) is 25.4. The topological polar surface area (TPSA) is 91.3 Å². The SMILES string of the molecule is O=C(NC1CCCC1)c1cccc([C@@H](CO)NC(=O)c2ccc(-c3ccncc3)cc2F)c1.S. The lowest BCUT2D eigenvalue weighted by atomic mass is 10.0. The van der Waals surface area contributed by atoms with Gasteiger partial charge in [0.2, 0.25) is 0 Å². The van der Waals surface area contributed by atoms with Crippen LogP contribution in [0.2, 0.25) is 0 Å². The van der Waals surface area contributed by atoms with E-state index in [0.717, 1.165) is 31.2 Å². The van der Waals surface area contributed by atoms with E-state index in [1.807, 2.05) is 0 Å². The Morgan fingerprint density at radius 3 is 2.41 bits per heavy atom. The zero-order valence-corrected chi connectivity index (χ0v) is 19.6. The third-order valence-corrected chi connectivity index (χ3v) is 5.96. The fourth-order valence-electron chi connectivity index (χ4n) is 4.13. The largest absolute Gasteiger partial charge is 0.394 e. The van der Waals surface area contributed by atoms with Gasteiger partial charge in [0.15, 0.2) is 0 Å². The normalized spacial score (nSPS) is 14.2. The fourth-order valence-corrected chi connectivity index (χ4v) is 4.13. The van der Waals surface area contributed by atoms with Crippen LogP contribution in [-0.4, -0.2) is 34.6 Å². The molecule has 1 aliphatic carbocycles. The first-order valence-electron chi connectivity index (χ1n) is 11.1. The maximum Gasteiger partial charge on any atom is 0.254 e. The Morgan fingerprint density at radius 2 is 1.74 bits per heavy atom. The van der Waals surface area contributed by atoms with Crippen LogP contribution in [0.1, 0.15) is 58.0 Å². The molecule has 0 bridgehead atoms. The summed E-state index contributed by atoms with van der Waals surface area (Å²) in [6.45, 7) is -0.393. The Morgan fingerprint density at radius 1 is 1.00 bits per heavy atom. The molecule has 2 amide bonds. The predicted molar refractivity (Wildman–Crippen MR) is 133 cm³/mol. The van der Waals surface area contributed by atoms with Crippen LogP contribution in [0.4, 0.5) is 4.39 Å². The van der Waals surface area contributed by atoms with Gasteiger partial charge in [0, 0.05) is 24.0 Å². The van der Waals surface area contributed by atoms with Crippen molar-refractivity contribution in [2.75, 3.05) is 6.61 Å². The fraction of sp³-hybridized carbons (Fsp3) is 0.269. The van der Waals surface area contributed by atoms with Crippen molar-refractivity contribution in [1.82, 2.24) is 15.6 Å². The number of rotatable bonds is 7. The van der Waals surface area contributed by atoms with Gasteiger partial charge in [0.1, 0.15) is 5.82 Å². The van der Waals surface area contributed by atoms with E-state index in [4.69, 9.17) is 0 Å². The van der Waals surface area contributed by atoms with E-state index < -0.39 is 24.4 Å². The molecule has 3 aromatic rings. The Kier molecular flexibility index (Phi) is 8.79. The molecule has 1 fully saturated rings. The minimum absolute atomic E-state index is 0. The zero-order chi connectivity index (χ0) is 23.2. The molecule has 4 rings (SSSR count). The molecule has 0 radical (unpaired) electrons. The van der Waals surface area contributed by atoms with Gasteiger partial charge in [-0.15, -0.1) is 0 Å². The molecule has 178 valence electrons. The van der Waals surface area contributed by atoms with Crippen LogP contribution in [0.5, 0.6) is 0 Å². The second kappa shape index (κ2) is 11.8. The van der Waals surface area contributed by atoms with Crippen molar-refractivity contribution in [2.45, 2.75) is 37.8 Å². The molecule has 3 N–H and O–H groups in total. The number of nitrogens with one attached hydrogen (secondary N) is 2. The molecule has 34 heavy (non-hydrogen) atoms. The Labute approximate surface area is 205 Å². The lowest BCUT2D eigenvalue weighted by Crippen LogP contribution is -2.33. The number of nitrogens with zero attached hydrogens (tertiary/aromatic N) is 1. The van der Waals surface area contributed by atoms with E-state index in [1.54, 1.807) is 54.9 Å². The number of amides is 2. The molecule has 1 aromatic heterocycles. The molecule has 1 saturated carbocycles. The van der Waals surface area contributed by atoms with Crippen LogP contribution >= 0.6 is 13.5 Å². The van der Waals surface area contributed by atoms with Crippen molar-refractivity contribution in [2.24, 2.45) is 0 Å². The molecule has 0 spiro atoms. The van der Waals surface area contributed by atoms with Crippen LogP contribution in [0.3, 0.4) is 0 Å². The lowest BCUT2D eigenvalue weighted by Gasteiger charge is -2.18. The molecule has 1 atom stereocenters. The van der Waals surface area contributed by atoms with Gasteiger partial charge in [-0.2, -0.15) is 13.5 Å². The first-order chi connectivity index (χ1) is 16.0. The van der Waals surface area contributed by atoms with Crippen LogP contribution in [0.15, 0.2) is 67.0 Å². The van der Waals surface area contributed by atoms with Gasteiger partial charge in [-0.3, -0.25) is 14.6 Å². The number of carbonyl (C=O) groups excluding carboxylic acids is 2. The van der Waals surface area contributed by atoms with Gasteiger partial charge in [0.05, 0.1) is 18.2 Å². The molecule has 2 aromatic carbocycles. The van der Waals surface area contributed by atoms with E-state index in [1.165, 1.54) is 12.1 Å². The van der Waals surface area contributed by atoms with Crippen molar-refractivity contribution in [1.29, 1.82) is 0 Å². The van der Waals surface area contributed by atoms with Crippen LogP contribution in [0, 0.1) is 5.82 Å². The van der Waals surface area contributed by atoms with Gasteiger partial charge in [-0.1, -0.05) is 31.0 Å². The third kappa shape index (κ3) is 6.01. The van der Waals surface area contributed by atoms with Crippen molar-refractivity contribution in [3.63, 3.8) is 0 Å². The van der Waals surface area contributed by atoms with Gasteiger partial charge in [-0.25, -0.2) is 4.39 Å². The summed E-state index contributed by atoms with van der Waals surface area (Å²) in [5.41, 5.74) is 2.32. The molecule has 1 heterocycles. The molecule has 1 aliphatic rings. The van der Waals surface area contributed by atoms with E-state index >= 15 is 0 Å². The number of hydrogen-bond acceptors (Lipinski definition) is 4. The number of aliphatic hydroxyl groups excluding tert-OH is 1. The molecule has 8 heteroatoms. The Bertz CT molecular complexity index is 1140. The van der Waals surface area contributed by atoms with Crippen molar-refractivity contribution in [3.8, 4) is 11.1 Å². The minimum atomic E-state index is -0.781. The van der Waals surface area contributed by atoms with Crippen molar-refractivity contribution < 1.29 is 19.1 Å². The van der Waals surface area contributed by atoms with Gasteiger partial charge in [0.25, 0.3) is 11.8 Å². The van der Waals surface area contributed by atoms with Crippen molar-refractivity contribution >= 4 is 25.3 Å². The Hall–Kier alpha value is -3.23. The summed E-state index contributed by atoms with van der Waals surface area (Å²) in [6.07, 6.45) is 7.41. The molecular formula is C26H28FN3O3S. The van der Waals surface area contributed by atoms with E-state index in [-0.39, 0.29) is 31.0 Å². The second-order valence-electron chi connectivity index (χ2n) is 8.22. The number of halogens is 1. The number of aliphatic hydroxyl groups is 1. The van der Waals surface area contributed by atoms with Crippen LogP contribution in [0.25, 0.3) is 11.1 Å². The summed E-state index contributed by atoms with van der Waals surface area (Å²) < 4.78 is 14.7. The Balaban J connectivity index is 0.00000324. The quantitative estimate of drug-likeness (QED) is 0.473. The maximum absolute atomic E-state index is 14.7. The summed E-state index contributed by atoms with van der Waals surface area (Å²) in [6, 6.07) is 14.1. The summed E-state index contributed by atoms with van der Waals surface area (Å²) in [7, 11) is 0. The first-order valence-corrected chi connectivity index (χ1v) is 11.1. The summed E-state index contributed by atoms with van der Waals surface area (Å²) in [5.74, 6) is -1.48. The maximum atomic E-state index is 14.7. The third-order valence-electron chi connectivity index (χ3n) is 5.96. The average molecular weight is 482 g/mol. The zero-order valence-electron chi connectivity index (χ0n) is 18.6. The molecule has 0 aliphatic heterocycles. The molecule has 0 unspecified atom stereocenters. The van der Waals surface area contributed by atoms with Crippen molar-refractivity contribution in [3.05, 3.63) is 89.5 Å². The second-order valence-corrected chi connectivity index (χ2v) is 8.22. The van der Waals surface area contributed by atoms with Crippen LogP contribution < -0.4 is 10.6 Å². The highest BCUT2D eigenvalue weighted by atomic mass is 32.1. The van der Waals surface area contributed by atoms with Crippen LogP contribution in [-0.2, 0) is 0 Å². The van der Waals surface area contributed by atoms with Gasteiger partial charge < -0.3 is 15.7 Å². The average Bonchev–Trinajstić information content (AvgIpc) is 3.36. The molecular weight excluding hydrogens is 453 g/mol. The standard InChI is InChI=1S/C26H26FN3O3.H2S/c27-23-15-18(17-10-12-28-13-11-17)8-9-22(23)26(33)30-24(16-31)19-4-3-5-20(14-19)25(32)29-21-6-1-2-7-21;/h3-5,8-15,21,24,31H,1-2,6-7,16H2,(H,29,32)(H,30,33);1H2/t24-;/m1./s1. The summed E-state index contributed by atoms with van der Waals surface area (Å²) in [4.78, 5) is 29.3. The highest BCUT2D eigenvalue weighted by Gasteiger charge is 2.21. The molecule has 6 nitrogen and oxygen atoms in total. The summed E-state index contributed by atoms with van der Waals surface area (Å²) in [5, 5.41) is 15.6. The monoisotopic (exact) mass is 481 g/mol. The number of pyridine rings is 1. The lowest BCUT2D eigenvalue weighted by molar-refractivity contribution is 0.0911. The van der Waals surface area contributed by atoms with E-state index in [2.05, 4.69) is 15.6 Å². The number of hydrogen-bond donors (Lipinski definition) is 3. The van der Waals surface area contributed by atoms with Gasteiger partial charge >= 0.3 is 0 Å². The smallest absolute Gasteiger partial charge is 0.254 e. The number of carbonyl (C=O) groups is 2. The van der Waals surface area contributed by atoms with Gasteiger partial charge in [-0.05, 0) is 65.9 Å². The highest BCUT2D eigenvalue weighted by molar-refractivity contribution is 7.59. The summed E-state index contributed by atoms with van der Waals surface area (Å²) >= 11 is 0. The predicted octanol–water partition coefficient (Wildman–Crippen LogP) is 4.14. The highest BCUT2D eigenvalue weighted by Crippen LogP contribution is 2.23.